The van der Waals surface area contributed by atoms with Crippen molar-refractivity contribution in [2.24, 2.45) is 0 Å². The van der Waals surface area contributed by atoms with E-state index in [1.54, 1.807) is 12.5 Å². The van der Waals surface area contributed by atoms with Crippen molar-refractivity contribution in [1.82, 2.24) is 5.32 Å². The van der Waals surface area contributed by atoms with Crippen LogP contribution in [0.15, 0.2) is 59.4 Å². The summed E-state index contributed by atoms with van der Waals surface area (Å²) in [6.45, 7) is 6.42. The van der Waals surface area contributed by atoms with Crippen LogP contribution in [-0.2, 0) is 22.1 Å². The van der Waals surface area contributed by atoms with E-state index in [4.69, 9.17) is 25.6 Å². The van der Waals surface area contributed by atoms with Crippen LogP contribution in [0.3, 0.4) is 0 Å². The fourth-order valence-electron chi connectivity index (χ4n) is 3.65. The largest absolute Gasteiger partial charge is 0.694 e. The first-order valence-corrected chi connectivity index (χ1v) is 13.3. The molecule has 0 aliphatic rings. The predicted octanol–water partition coefficient (Wildman–Crippen LogP) is 6.58. The number of halogens is 1. The third kappa shape index (κ3) is 9.28. The summed E-state index contributed by atoms with van der Waals surface area (Å²) in [5, 5.41) is 7.54. The lowest BCUT2D eigenvalue weighted by molar-refractivity contribution is 0.242. The van der Waals surface area contributed by atoms with Crippen molar-refractivity contribution in [3.63, 3.8) is 0 Å². The summed E-state index contributed by atoms with van der Waals surface area (Å²) in [6, 6.07) is 14.3. The Hall–Kier alpha value is -2.41. The van der Waals surface area contributed by atoms with E-state index in [-0.39, 0.29) is 12.7 Å². The Morgan fingerprint density at radius 1 is 1.09 bits per heavy atom. The van der Waals surface area contributed by atoms with Crippen LogP contribution in [0.4, 0.5) is 5.69 Å². The molecular formula is C26H33ClN2O5P+. The van der Waals surface area contributed by atoms with Crippen molar-refractivity contribution >= 4 is 25.5 Å². The number of rotatable bonds is 15. The first-order chi connectivity index (χ1) is 16.9. The molecule has 3 N–H and O–H groups in total. The number of benzene rings is 2. The average Bonchev–Trinajstić information content (AvgIpc) is 3.35. The molecule has 0 fully saturated rings. The molecule has 0 aliphatic carbocycles. The van der Waals surface area contributed by atoms with Crippen LogP contribution in [0.5, 0.6) is 5.75 Å². The monoisotopic (exact) mass is 519 g/mol. The van der Waals surface area contributed by atoms with Gasteiger partial charge in [0.05, 0.1) is 23.7 Å². The topological polar surface area (TPSA) is 93.0 Å². The average molecular weight is 520 g/mol. The lowest BCUT2D eigenvalue weighted by atomic mass is 10.0. The molecule has 35 heavy (non-hydrogen) atoms. The van der Waals surface area contributed by atoms with Gasteiger partial charge < -0.3 is 19.8 Å². The van der Waals surface area contributed by atoms with Gasteiger partial charge in [-0.3, -0.25) is 0 Å². The van der Waals surface area contributed by atoms with Crippen LogP contribution >= 0.6 is 19.9 Å². The van der Waals surface area contributed by atoms with Crippen molar-refractivity contribution in [2.45, 2.75) is 45.8 Å². The Morgan fingerprint density at radius 2 is 1.91 bits per heavy atom. The van der Waals surface area contributed by atoms with Crippen LogP contribution in [-0.4, -0.2) is 30.7 Å². The minimum Gasteiger partial charge on any atom is -0.489 e. The standard InChI is InChI=1S/C26H32ClN2O5P/c1-19(2)34-26-9-7-20(16-24(26)27)5-3-12-29-25-8-6-21(15-23(25)22-10-14-32-18-22)17-28-11-4-13-33-35(30)31/h6-10,14-16,18-19,28-29H,3-5,11-13,17H2,1-2H3/p+1. The minimum absolute atomic E-state index is 0.0917. The molecule has 3 aromatic rings. The maximum atomic E-state index is 10.5. The van der Waals surface area contributed by atoms with E-state index < -0.39 is 8.25 Å². The van der Waals surface area contributed by atoms with Crippen molar-refractivity contribution < 1.29 is 23.1 Å². The van der Waals surface area contributed by atoms with E-state index in [0.717, 1.165) is 47.5 Å². The number of hydrogen-bond donors (Lipinski definition) is 3. The summed E-state index contributed by atoms with van der Waals surface area (Å²) < 4.78 is 26.2. The second kappa shape index (κ2) is 14.2. The first-order valence-electron chi connectivity index (χ1n) is 11.8. The Morgan fingerprint density at radius 3 is 2.63 bits per heavy atom. The van der Waals surface area contributed by atoms with Crippen molar-refractivity contribution in [3.05, 3.63) is 71.1 Å². The molecule has 0 spiro atoms. The number of hydrogen-bond acceptors (Lipinski definition) is 6. The second-order valence-corrected chi connectivity index (χ2v) is 9.60. The molecule has 0 aliphatic heterocycles. The molecule has 0 saturated carbocycles. The summed E-state index contributed by atoms with van der Waals surface area (Å²) in [5.74, 6) is 0.721. The molecular weight excluding hydrogens is 487 g/mol. The van der Waals surface area contributed by atoms with E-state index in [9.17, 15) is 4.57 Å². The normalized spacial score (nSPS) is 11.6. The molecule has 2 aromatic carbocycles. The van der Waals surface area contributed by atoms with Gasteiger partial charge in [0.2, 0.25) is 0 Å². The van der Waals surface area contributed by atoms with Crippen LogP contribution in [0.1, 0.15) is 37.8 Å². The van der Waals surface area contributed by atoms with Gasteiger partial charge in [0.15, 0.2) is 0 Å². The van der Waals surface area contributed by atoms with Gasteiger partial charge in [-0.25, -0.2) is 0 Å². The Balaban J connectivity index is 1.53. The van der Waals surface area contributed by atoms with Gasteiger partial charge in [-0.1, -0.05) is 23.7 Å². The van der Waals surface area contributed by atoms with Crippen LogP contribution in [0, 0.1) is 0 Å². The third-order valence-electron chi connectivity index (χ3n) is 5.26. The van der Waals surface area contributed by atoms with Gasteiger partial charge in [0.25, 0.3) is 0 Å². The van der Waals surface area contributed by atoms with Crippen LogP contribution in [0.25, 0.3) is 11.1 Å². The molecule has 1 heterocycles. The Labute approximate surface area is 212 Å². The lowest BCUT2D eigenvalue weighted by Gasteiger charge is -2.14. The van der Waals surface area contributed by atoms with Crippen LogP contribution < -0.4 is 15.4 Å². The fourth-order valence-corrected chi connectivity index (χ4v) is 4.18. The second-order valence-electron chi connectivity index (χ2n) is 8.46. The Bertz CT molecular complexity index is 1080. The number of ether oxygens (including phenoxy) is 1. The number of nitrogens with one attached hydrogen (secondary N) is 2. The minimum atomic E-state index is -2.52. The zero-order valence-corrected chi connectivity index (χ0v) is 21.8. The Kier molecular flexibility index (Phi) is 11.0. The smallest absolute Gasteiger partial charge is 0.489 e. The van der Waals surface area contributed by atoms with Gasteiger partial charge in [-0.2, -0.15) is 0 Å². The predicted molar refractivity (Wildman–Crippen MR) is 140 cm³/mol. The highest BCUT2D eigenvalue weighted by molar-refractivity contribution is 7.32. The SMILES string of the molecule is CC(C)Oc1ccc(CCCNc2ccc(CNCCCO[P+](=O)O)cc2-c2ccoc2)cc1Cl. The maximum Gasteiger partial charge on any atom is 0.694 e. The molecule has 1 atom stereocenters. The molecule has 0 bridgehead atoms. The molecule has 0 amide bonds. The first kappa shape index (κ1) is 27.2. The van der Waals surface area contributed by atoms with Gasteiger partial charge in [-0.05, 0) is 81.1 Å². The van der Waals surface area contributed by atoms with Crippen molar-refractivity contribution in [1.29, 1.82) is 0 Å². The number of furan rings is 1. The van der Waals surface area contributed by atoms with Crippen molar-refractivity contribution in [2.75, 3.05) is 25.0 Å². The molecule has 1 unspecified atom stereocenters. The number of aryl methyl sites for hydroxylation is 1. The van der Waals surface area contributed by atoms with E-state index in [1.807, 2.05) is 32.0 Å². The molecule has 7 nitrogen and oxygen atoms in total. The van der Waals surface area contributed by atoms with E-state index in [1.165, 1.54) is 5.56 Å². The third-order valence-corrected chi connectivity index (χ3v) is 5.96. The van der Waals surface area contributed by atoms with E-state index >= 15 is 0 Å². The fraction of sp³-hybridized carbons (Fsp3) is 0.385. The number of anilines is 1. The molecule has 1 aromatic heterocycles. The highest BCUT2D eigenvalue weighted by Gasteiger charge is 2.11. The van der Waals surface area contributed by atoms with Gasteiger partial charge in [-0.15, -0.1) is 9.42 Å². The highest BCUT2D eigenvalue weighted by atomic mass is 35.5. The summed E-state index contributed by atoms with van der Waals surface area (Å²) in [4.78, 5) is 8.66. The highest BCUT2D eigenvalue weighted by Crippen LogP contribution is 2.30. The zero-order chi connectivity index (χ0) is 25.0. The molecule has 0 radical (unpaired) electrons. The summed E-state index contributed by atoms with van der Waals surface area (Å²) in [5.41, 5.74) is 5.47. The van der Waals surface area contributed by atoms with E-state index in [2.05, 4.69) is 39.4 Å². The van der Waals surface area contributed by atoms with E-state index in [0.29, 0.717) is 24.5 Å². The quantitative estimate of drug-likeness (QED) is 0.154. The van der Waals surface area contributed by atoms with Gasteiger partial charge in [0, 0.05) is 34.5 Å². The lowest BCUT2D eigenvalue weighted by Crippen LogP contribution is -2.16. The summed E-state index contributed by atoms with van der Waals surface area (Å²) in [6.07, 6.45) is 6.03. The van der Waals surface area contributed by atoms with Gasteiger partial charge >= 0.3 is 8.25 Å². The van der Waals surface area contributed by atoms with Gasteiger partial charge in [0.1, 0.15) is 12.4 Å². The summed E-state index contributed by atoms with van der Waals surface area (Å²) >= 11 is 6.37. The molecule has 188 valence electrons. The molecule has 3 rings (SSSR count). The zero-order valence-electron chi connectivity index (χ0n) is 20.1. The van der Waals surface area contributed by atoms with Crippen molar-refractivity contribution in [3.8, 4) is 16.9 Å². The molecule has 0 saturated heterocycles. The maximum absolute atomic E-state index is 10.5. The molecule has 9 heteroatoms. The van der Waals surface area contributed by atoms with Crippen LogP contribution in [0.2, 0.25) is 5.02 Å². The summed E-state index contributed by atoms with van der Waals surface area (Å²) in [7, 11) is -2.52.